The maximum Gasteiger partial charge on any atom is 0.325 e. The van der Waals surface area contributed by atoms with Gasteiger partial charge in [0.2, 0.25) is 5.91 Å². The van der Waals surface area contributed by atoms with E-state index in [4.69, 9.17) is 5.11 Å². The second-order valence-electron chi connectivity index (χ2n) is 4.43. The number of aliphatic carboxylic acids is 1. The molecule has 0 saturated carbocycles. The molecule has 0 aliphatic rings. The smallest absolute Gasteiger partial charge is 0.325 e. The third-order valence-electron chi connectivity index (χ3n) is 2.37. The van der Waals surface area contributed by atoms with Crippen LogP contribution >= 0.6 is 0 Å². The lowest BCUT2D eigenvalue weighted by Gasteiger charge is -2.23. The van der Waals surface area contributed by atoms with E-state index in [1.54, 1.807) is 13.8 Å². The predicted molar refractivity (Wildman–Crippen MR) is 66.2 cm³/mol. The normalized spacial score (nSPS) is 11.3. The van der Waals surface area contributed by atoms with E-state index in [9.17, 15) is 9.59 Å². The molecular formula is C11H18N4O3. The van der Waals surface area contributed by atoms with Crippen LogP contribution in [0.25, 0.3) is 0 Å². The highest BCUT2D eigenvalue weighted by Gasteiger charge is 2.26. The fourth-order valence-corrected chi connectivity index (χ4v) is 1.46. The Hall–Kier alpha value is -1.89. The van der Waals surface area contributed by atoms with Gasteiger partial charge in [-0.05, 0) is 20.4 Å². The number of carboxylic acids is 1. The summed E-state index contributed by atoms with van der Waals surface area (Å²) in [6.07, 6.45) is 2.90. The Morgan fingerprint density at radius 1 is 1.50 bits per heavy atom. The number of likely N-dealkylation sites (N-methyl/N-ethyl adjacent to an activating group) is 1. The molecule has 7 heteroatoms. The second-order valence-corrected chi connectivity index (χ2v) is 4.43. The van der Waals surface area contributed by atoms with Gasteiger partial charge in [-0.2, -0.15) is 5.10 Å². The average Bonchev–Trinajstić information content (AvgIpc) is 2.64. The van der Waals surface area contributed by atoms with Crippen LogP contribution in [0.2, 0.25) is 0 Å². The highest BCUT2D eigenvalue weighted by molar-refractivity contribution is 5.97. The van der Waals surface area contributed by atoms with E-state index in [0.29, 0.717) is 12.2 Å². The fraction of sp³-hybridized carbons (Fsp3) is 0.545. The lowest BCUT2D eigenvalue weighted by atomic mass is 10.0. The SMILES string of the molecule is CCNC(C)(C)C(=O)Nc1cnn(CC(=O)O)c1. The summed E-state index contributed by atoms with van der Waals surface area (Å²) in [5.74, 6) is -1.18. The van der Waals surface area contributed by atoms with Crippen LogP contribution in [0.5, 0.6) is 0 Å². The highest BCUT2D eigenvalue weighted by atomic mass is 16.4. The molecule has 1 aromatic heterocycles. The molecule has 1 aromatic rings. The maximum absolute atomic E-state index is 11.9. The number of hydrogen-bond acceptors (Lipinski definition) is 4. The minimum atomic E-state index is -0.982. The van der Waals surface area contributed by atoms with Gasteiger partial charge >= 0.3 is 5.97 Å². The van der Waals surface area contributed by atoms with Crippen LogP contribution in [-0.2, 0) is 16.1 Å². The zero-order valence-electron chi connectivity index (χ0n) is 10.7. The van der Waals surface area contributed by atoms with E-state index >= 15 is 0 Å². The van der Waals surface area contributed by atoms with Gasteiger partial charge in [0.15, 0.2) is 0 Å². The zero-order valence-corrected chi connectivity index (χ0v) is 10.7. The first kappa shape index (κ1) is 14.2. The van der Waals surface area contributed by atoms with Crippen molar-refractivity contribution < 1.29 is 14.7 Å². The molecule has 0 atom stereocenters. The molecule has 0 aromatic carbocycles. The summed E-state index contributed by atoms with van der Waals surface area (Å²) in [6, 6.07) is 0. The molecule has 0 bridgehead atoms. The number of carboxylic acid groups (broad SMARTS) is 1. The number of carbonyl (C=O) groups is 2. The fourth-order valence-electron chi connectivity index (χ4n) is 1.46. The highest BCUT2D eigenvalue weighted by Crippen LogP contribution is 2.10. The van der Waals surface area contributed by atoms with Crippen LogP contribution in [0.3, 0.4) is 0 Å². The third-order valence-corrected chi connectivity index (χ3v) is 2.37. The molecule has 0 unspecified atom stereocenters. The quantitative estimate of drug-likeness (QED) is 0.678. The van der Waals surface area contributed by atoms with Gasteiger partial charge in [-0.3, -0.25) is 14.3 Å². The van der Waals surface area contributed by atoms with Crippen molar-refractivity contribution in [1.82, 2.24) is 15.1 Å². The van der Waals surface area contributed by atoms with E-state index in [2.05, 4.69) is 15.7 Å². The van der Waals surface area contributed by atoms with Crippen LogP contribution in [0.4, 0.5) is 5.69 Å². The van der Waals surface area contributed by atoms with Gasteiger partial charge in [0.1, 0.15) is 6.54 Å². The van der Waals surface area contributed by atoms with Gasteiger partial charge in [0.25, 0.3) is 0 Å². The minimum Gasteiger partial charge on any atom is -0.480 e. The van der Waals surface area contributed by atoms with Gasteiger partial charge in [-0.15, -0.1) is 0 Å². The first-order chi connectivity index (χ1) is 8.35. The summed E-state index contributed by atoms with van der Waals surface area (Å²) < 4.78 is 1.25. The van der Waals surface area contributed by atoms with Crippen LogP contribution in [0.15, 0.2) is 12.4 Å². The van der Waals surface area contributed by atoms with Crippen molar-refractivity contribution in [1.29, 1.82) is 0 Å². The molecule has 18 heavy (non-hydrogen) atoms. The minimum absolute atomic E-state index is 0.195. The summed E-state index contributed by atoms with van der Waals surface area (Å²) in [7, 11) is 0. The van der Waals surface area contributed by atoms with Crippen molar-refractivity contribution in [3.8, 4) is 0 Å². The summed E-state index contributed by atoms with van der Waals surface area (Å²) in [4.78, 5) is 22.4. The van der Waals surface area contributed by atoms with Crippen molar-refractivity contribution in [2.24, 2.45) is 0 Å². The standard InChI is InChI=1S/C11H18N4O3/c1-4-12-11(2,3)10(18)14-8-5-13-15(6-8)7-9(16)17/h5-6,12H,4,7H2,1-3H3,(H,14,18)(H,16,17). The van der Waals surface area contributed by atoms with Gasteiger partial charge in [-0.25, -0.2) is 0 Å². The number of rotatable bonds is 6. The Labute approximate surface area is 105 Å². The summed E-state index contributed by atoms with van der Waals surface area (Å²) in [5.41, 5.74) is -0.212. The van der Waals surface area contributed by atoms with E-state index < -0.39 is 11.5 Å². The monoisotopic (exact) mass is 254 g/mol. The molecule has 1 heterocycles. The lowest BCUT2D eigenvalue weighted by Crippen LogP contribution is -2.49. The molecule has 3 N–H and O–H groups in total. The molecule has 0 aliphatic heterocycles. The number of hydrogen-bond donors (Lipinski definition) is 3. The molecule has 0 aliphatic carbocycles. The molecule has 0 spiro atoms. The van der Waals surface area contributed by atoms with Crippen LogP contribution in [-0.4, -0.2) is 38.8 Å². The van der Waals surface area contributed by atoms with E-state index in [0.717, 1.165) is 0 Å². The Morgan fingerprint density at radius 2 is 2.17 bits per heavy atom. The molecule has 0 saturated heterocycles. The van der Waals surface area contributed by atoms with Gasteiger partial charge in [0.05, 0.1) is 17.4 Å². The summed E-state index contributed by atoms with van der Waals surface area (Å²) in [5, 5.41) is 18.2. The molecule has 7 nitrogen and oxygen atoms in total. The van der Waals surface area contributed by atoms with Gasteiger partial charge in [-0.1, -0.05) is 6.92 Å². The van der Waals surface area contributed by atoms with Crippen molar-refractivity contribution in [2.75, 3.05) is 11.9 Å². The Balaban J connectivity index is 2.65. The number of amides is 1. The molecular weight excluding hydrogens is 236 g/mol. The number of aromatic nitrogens is 2. The van der Waals surface area contributed by atoms with E-state index in [1.165, 1.54) is 17.1 Å². The summed E-state index contributed by atoms with van der Waals surface area (Å²) in [6.45, 7) is 5.91. The molecule has 1 rings (SSSR count). The number of nitrogens with zero attached hydrogens (tertiary/aromatic N) is 2. The molecule has 100 valence electrons. The molecule has 0 fully saturated rings. The second kappa shape index (κ2) is 5.63. The van der Waals surface area contributed by atoms with Crippen LogP contribution in [0.1, 0.15) is 20.8 Å². The molecule has 0 radical (unpaired) electrons. The third kappa shape index (κ3) is 3.85. The van der Waals surface area contributed by atoms with Crippen molar-refractivity contribution in [3.05, 3.63) is 12.4 Å². The van der Waals surface area contributed by atoms with Crippen molar-refractivity contribution >= 4 is 17.6 Å². The summed E-state index contributed by atoms with van der Waals surface area (Å²) >= 11 is 0. The maximum atomic E-state index is 11.9. The first-order valence-corrected chi connectivity index (χ1v) is 5.66. The Morgan fingerprint density at radius 3 is 2.72 bits per heavy atom. The number of carbonyl (C=O) groups excluding carboxylic acids is 1. The molecule has 1 amide bonds. The van der Waals surface area contributed by atoms with E-state index in [-0.39, 0.29) is 12.5 Å². The van der Waals surface area contributed by atoms with E-state index in [1.807, 2.05) is 6.92 Å². The zero-order chi connectivity index (χ0) is 13.8. The largest absolute Gasteiger partial charge is 0.480 e. The van der Waals surface area contributed by atoms with Crippen LogP contribution in [0, 0.1) is 0 Å². The first-order valence-electron chi connectivity index (χ1n) is 5.66. The van der Waals surface area contributed by atoms with Gasteiger partial charge in [0, 0.05) is 6.20 Å². The predicted octanol–water partition coefficient (Wildman–Crippen LogP) is 0.294. The number of nitrogens with one attached hydrogen (secondary N) is 2. The van der Waals surface area contributed by atoms with Crippen molar-refractivity contribution in [3.63, 3.8) is 0 Å². The lowest BCUT2D eigenvalue weighted by molar-refractivity contribution is -0.137. The number of anilines is 1. The van der Waals surface area contributed by atoms with Crippen molar-refractivity contribution in [2.45, 2.75) is 32.9 Å². The topological polar surface area (TPSA) is 96.3 Å². The van der Waals surface area contributed by atoms with Crippen LogP contribution < -0.4 is 10.6 Å². The average molecular weight is 254 g/mol. The Bertz CT molecular complexity index is 439. The Kier molecular flexibility index (Phi) is 4.43. The van der Waals surface area contributed by atoms with Gasteiger partial charge < -0.3 is 15.7 Å².